The lowest BCUT2D eigenvalue weighted by Crippen LogP contribution is -2.39. The lowest BCUT2D eigenvalue weighted by molar-refractivity contribution is -0.121. The van der Waals surface area contributed by atoms with Crippen molar-refractivity contribution in [1.82, 2.24) is 20.6 Å². The average Bonchev–Trinajstić information content (AvgIpc) is 3.31. The highest BCUT2D eigenvalue weighted by molar-refractivity contribution is 7.13. The zero-order valence-corrected chi connectivity index (χ0v) is 14.6. The molecule has 0 saturated carbocycles. The van der Waals surface area contributed by atoms with Crippen LogP contribution in [0.5, 0.6) is 0 Å². The molecule has 0 radical (unpaired) electrons. The van der Waals surface area contributed by atoms with E-state index in [1.54, 1.807) is 11.3 Å². The molecule has 0 saturated heterocycles. The van der Waals surface area contributed by atoms with E-state index < -0.39 is 0 Å². The van der Waals surface area contributed by atoms with Crippen LogP contribution in [0.25, 0.3) is 10.6 Å². The van der Waals surface area contributed by atoms with Crippen LogP contribution in [-0.2, 0) is 24.3 Å². The lowest BCUT2D eigenvalue weighted by Gasteiger charge is -2.25. The van der Waals surface area contributed by atoms with Crippen molar-refractivity contribution in [2.45, 2.75) is 32.0 Å². The topological polar surface area (TPSA) is 69.8 Å². The number of aromatic amines is 1. The smallest absolute Gasteiger partial charge is 0.221 e. The summed E-state index contributed by atoms with van der Waals surface area (Å²) in [5, 5.41) is 8.44. The molecule has 3 N–H and O–H groups in total. The van der Waals surface area contributed by atoms with Gasteiger partial charge in [-0.15, -0.1) is 11.3 Å². The van der Waals surface area contributed by atoms with Gasteiger partial charge in [0.05, 0.1) is 23.3 Å². The third kappa shape index (κ3) is 3.81. The first-order valence-corrected chi connectivity index (χ1v) is 9.30. The summed E-state index contributed by atoms with van der Waals surface area (Å²) in [7, 11) is 0. The van der Waals surface area contributed by atoms with Crippen LogP contribution in [0, 0.1) is 0 Å². The minimum atomic E-state index is 0.0472. The molecule has 0 unspecified atom stereocenters. The fourth-order valence-corrected chi connectivity index (χ4v) is 3.84. The van der Waals surface area contributed by atoms with E-state index in [0.29, 0.717) is 13.0 Å². The summed E-state index contributed by atoms with van der Waals surface area (Å²) in [6.45, 7) is 1.25. The van der Waals surface area contributed by atoms with Gasteiger partial charge >= 0.3 is 0 Å². The fraction of sp³-hybridized carbons (Fsp3) is 0.263. The van der Waals surface area contributed by atoms with Crippen molar-refractivity contribution < 1.29 is 4.79 Å². The van der Waals surface area contributed by atoms with Crippen LogP contribution >= 0.6 is 11.3 Å². The van der Waals surface area contributed by atoms with E-state index in [1.807, 2.05) is 23.7 Å². The van der Waals surface area contributed by atoms with Crippen LogP contribution in [-0.4, -0.2) is 21.9 Å². The Bertz CT molecular complexity index is 856. The summed E-state index contributed by atoms with van der Waals surface area (Å²) in [4.78, 5) is 21.0. The van der Waals surface area contributed by atoms with Gasteiger partial charge in [-0.1, -0.05) is 30.3 Å². The first-order valence-electron chi connectivity index (χ1n) is 8.42. The molecule has 1 aliphatic heterocycles. The Labute approximate surface area is 150 Å². The second kappa shape index (κ2) is 7.21. The summed E-state index contributed by atoms with van der Waals surface area (Å²) >= 11 is 1.66. The summed E-state index contributed by atoms with van der Waals surface area (Å²) < 4.78 is 0. The number of carbonyl (C=O) groups excluding carboxylic acids is 1. The predicted molar refractivity (Wildman–Crippen MR) is 99.1 cm³/mol. The SMILES string of the molecule is O=C(C[C@@H]1Cc2ccccc2CN1)NCc1ncc(-c2cccs2)[nH]1. The van der Waals surface area contributed by atoms with E-state index in [1.165, 1.54) is 11.1 Å². The molecule has 0 fully saturated rings. The number of H-pyrrole nitrogens is 1. The highest BCUT2D eigenvalue weighted by Gasteiger charge is 2.20. The predicted octanol–water partition coefficient (Wildman–Crippen LogP) is 2.86. The number of thiophene rings is 1. The van der Waals surface area contributed by atoms with Crippen LogP contribution in [0.3, 0.4) is 0 Å². The Morgan fingerprint density at radius 1 is 1.24 bits per heavy atom. The van der Waals surface area contributed by atoms with E-state index in [2.05, 4.69) is 44.9 Å². The van der Waals surface area contributed by atoms with Crippen molar-refractivity contribution in [3.8, 4) is 10.6 Å². The largest absolute Gasteiger partial charge is 0.349 e. The maximum atomic E-state index is 12.2. The third-order valence-corrected chi connectivity index (χ3v) is 5.37. The molecule has 0 spiro atoms. The van der Waals surface area contributed by atoms with E-state index in [-0.39, 0.29) is 11.9 Å². The zero-order valence-electron chi connectivity index (χ0n) is 13.8. The van der Waals surface area contributed by atoms with Crippen LogP contribution in [0.4, 0.5) is 0 Å². The van der Waals surface area contributed by atoms with E-state index >= 15 is 0 Å². The number of hydrogen-bond donors (Lipinski definition) is 3. The standard InChI is InChI=1S/C19H20N4OS/c24-19(9-15-8-13-4-1-2-5-14(13)10-20-15)22-12-18-21-11-16(23-18)17-6-3-7-25-17/h1-7,11,15,20H,8-10,12H2,(H,21,23)(H,22,24)/t15-/m0/s1. The molecule has 1 amide bonds. The number of rotatable bonds is 5. The summed E-state index contributed by atoms with van der Waals surface area (Å²) in [6, 6.07) is 12.7. The summed E-state index contributed by atoms with van der Waals surface area (Å²) in [6.07, 6.45) is 3.19. The Hall–Kier alpha value is -2.44. The molecule has 128 valence electrons. The lowest BCUT2D eigenvalue weighted by atomic mass is 9.94. The fourth-order valence-electron chi connectivity index (χ4n) is 3.15. The van der Waals surface area contributed by atoms with Crippen LogP contribution in [0.2, 0.25) is 0 Å². The van der Waals surface area contributed by atoms with Gasteiger partial charge in [0.2, 0.25) is 5.91 Å². The van der Waals surface area contributed by atoms with Gasteiger partial charge in [0, 0.05) is 19.0 Å². The first kappa shape index (κ1) is 16.1. The zero-order chi connectivity index (χ0) is 17.1. The number of nitrogens with zero attached hydrogens (tertiary/aromatic N) is 1. The van der Waals surface area contributed by atoms with Gasteiger partial charge in [-0.2, -0.15) is 0 Å². The molecule has 4 rings (SSSR count). The number of fused-ring (bicyclic) bond motifs is 1. The number of amides is 1. The molecular formula is C19H20N4OS. The molecule has 5 nitrogen and oxygen atoms in total. The van der Waals surface area contributed by atoms with E-state index in [9.17, 15) is 4.79 Å². The van der Waals surface area contributed by atoms with Gasteiger partial charge in [-0.25, -0.2) is 4.98 Å². The first-order chi connectivity index (χ1) is 12.3. The number of nitrogens with one attached hydrogen (secondary N) is 3. The summed E-state index contributed by atoms with van der Waals surface area (Å²) in [5.41, 5.74) is 3.66. The maximum Gasteiger partial charge on any atom is 0.221 e. The molecule has 1 aromatic carbocycles. The van der Waals surface area contributed by atoms with Crippen molar-refractivity contribution in [3.05, 3.63) is 64.9 Å². The minimum Gasteiger partial charge on any atom is -0.349 e. The van der Waals surface area contributed by atoms with Crippen molar-refractivity contribution in [3.63, 3.8) is 0 Å². The normalized spacial score (nSPS) is 16.4. The Balaban J connectivity index is 1.29. The Morgan fingerprint density at radius 3 is 2.96 bits per heavy atom. The molecule has 1 aliphatic rings. The van der Waals surface area contributed by atoms with Crippen molar-refractivity contribution >= 4 is 17.2 Å². The quantitative estimate of drug-likeness (QED) is 0.661. The van der Waals surface area contributed by atoms with E-state index in [0.717, 1.165) is 29.4 Å². The van der Waals surface area contributed by atoms with Gasteiger partial charge in [0.25, 0.3) is 0 Å². The van der Waals surface area contributed by atoms with E-state index in [4.69, 9.17) is 0 Å². The second-order valence-corrected chi connectivity index (χ2v) is 7.20. The third-order valence-electron chi connectivity index (χ3n) is 4.47. The second-order valence-electron chi connectivity index (χ2n) is 6.25. The number of carbonyl (C=O) groups is 1. The number of hydrogen-bond acceptors (Lipinski definition) is 4. The van der Waals surface area contributed by atoms with Gasteiger partial charge in [0.15, 0.2) is 0 Å². The molecular weight excluding hydrogens is 332 g/mol. The van der Waals surface area contributed by atoms with Gasteiger partial charge in [-0.05, 0) is 29.0 Å². The Kier molecular flexibility index (Phi) is 4.63. The monoisotopic (exact) mass is 352 g/mol. The number of aromatic nitrogens is 2. The van der Waals surface area contributed by atoms with Crippen LogP contribution < -0.4 is 10.6 Å². The van der Waals surface area contributed by atoms with Gasteiger partial charge in [0.1, 0.15) is 5.82 Å². The number of benzene rings is 1. The Morgan fingerprint density at radius 2 is 2.12 bits per heavy atom. The van der Waals surface area contributed by atoms with Gasteiger partial charge in [-0.3, -0.25) is 4.79 Å². The van der Waals surface area contributed by atoms with Crippen molar-refractivity contribution in [2.75, 3.05) is 0 Å². The molecule has 3 aromatic rings. The highest BCUT2D eigenvalue weighted by atomic mass is 32.1. The molecule has 25 heavy (non-hydrogen) atoms. The van der Waals surface area contributed by atoms with Crippen LogP contribution in [0.1, 0.15) is 23.4 Å². The molecule has 0 aliphatic carbocycles. The summed E-state index contributed by atoms with van der Waals surface area (Å²) in [5.74, 6) is 0.824. The van der Waals surface area contributed by atoms with Crippen molar-refractivity contribution in [1.29, 1.82) is 0 Å². The van der Waals surface area contributed by atoms with Crippen LogP contribution in [0.15, 0.2) is 48.0 Å². The molecule has 2 aromatic heterocycles. The number of imidazole rings is 1. The van der Waals surface area contributed by atoms with Crippen molar-refractivity contribution in [2.24, 2.45) is 0 Å². The highest BCUT2D eigenvalue weighted by Crippen LogP contribution is 2.22. The van der Waals surface area contributed by atoms with Gasteiger partial charge < -0.3 is 15.6 Å². The maximum absolute atomic E-state index is 12.2. The molecule has 6 heteroatoms. The average molecular weight is 352 g/mol. The molecule has 1 atom stereocenters. The molecule has 0 bridgehead atoms. The minimum absolute atomic E-state index is 0.0472. The molecule has 3 heterocycles.